The van der Waals surface area contributed by atoms with Gasteiger partial charge in [-0.1, -0.05) is 23.2 Å². The molecule has 0 aliphatic carbocycles. The smallest absolute Gasteiger partial charge is 0.466 e. The van der Waals surface area contributed by atoms with Gasteiger partial charge in [0.2, 0.25) is 5.90 Å². The number of halogens is 5. The molecule has 2 rings (SSSR count). The number of alkyl halides is 3. The first-order valence-corrected chi connectivity index (χ1v) is 7.78. The van der Waals surface area contributed by atoms with Crippen LogP contribution in [0.3, 0.4) is 0 Å². The van der Waals surface area contributed by atoms with Crippen molar-refractivity contribution in [3.05, 3.63) is 27.7 Å². The fourth-order valence-electron chi connectivity index (χ4n) is 1.59. The molecule has 0 fully saturated rings. The lowest BCUT2D eigenvalue weighted by molar-refractivity contribution is -0.0506. The second kappa shape index (κ2) is 5.17. The first-order chi connectivity index (χ1) is 9.82. The van der Waals surface area contributed by atoms with Crippen LogP contribution in [0, 0.1) is 0 Å². The molecule has 1 heterocycles. The van der Waals surface area contributed by atoms with Gasteiger partial charge in [0.25, 0.3) is 0 Å². The van der Waals surface area contributed by atoms with Crippen molar-refractivity contribution in [2.24, 2.45) is 4.99 Å². The van der Waals surface area contributed by atoms with Gasteiger partial charge in [-0.05, 0) is 19.9 Å². The third-order valence-corrected chi connectivity index (χ3v) is 4.12. The van der Waals surface area contributed by atoms with Gasteiger partial charge >= 0.3 is 15.6 Å². The number of hydrogen-bond donors (Lipinski definition) is 0. The Hall–Kier alpha value is -1.19. The molecular formula is C11H8Cl2F3NO4S. The third kappa shape index (κ3) is 3.26. The Morgan fingerprint density at radius 3 is 2.32 bits per heavy atom. The number of aliphatic imine (C=N–C) groups is 1. The molecule has 0 amide bonds. The van der Waals surface area contributed by atoms with Crippen molar-refractivity contribution < 1.29 is 30.5 Å². The van der Waals surface area contributed by atoms with Crippen LogP contribution in [0.5, 0.6) is 5.75 Å². The van der Waals surface area contributed by atoms with E-state index in [0.29, 0.717) is 0 Å². The Balaban J connectivity index is 2.56. The van der Waals surface area contributed by atoms with E-state index in [-0.39, 0.29) is 21.4 Å². The van der Waals surface area contributed by atoms with Crippen LogP contribution in [-0.2, 0) is 14.3 Å². The normalized spacial score (nSPS) is 17.3. The highest BCUT2D eigenvalue weighted by Gasteiger charge is 2.50. The van der Waals surface area contributed by atoms with E-state index in [9.17, 15) is 21.6 Å². The van der Waals surface area contributed by atoms with E-state index in [2.05, 4.69) is 9.18 Å². The van der Waals surface area contributed by atoms with Gasteiger partial charge in [-0.2, -0.15) is 21.6 Å². The van der Waals surface area contributed by atoms with E-state index in [1.54, 1.807) is 0 Å². The molecule has 0 saturated carbocycles. The van der Waals surface area contributed by atoms with E-state index < -0.39 is 27.2 Å². The number of nitrogens with zero attached hydrogens (tertiary/aromatic N) is 1. The predicted octanol–water partition coefficient (Wildman–Crippen LogP) is 3.73. The van der Waals surface area contributed by atoms with Crippen LogP contribution in [0.1, 0.15) is 19.4 Å². The van der Waals surface area contributed by atoms with Crippen LogP contribution in [0.15, 0.2) is 17.1 Å². The van der Waals surface area contributed by atoms with Crippen LogP contribution in [-0.4, -0.2) is 25.5 Å². The van der Waals surface area contributed by atoms with E-state index in [0.717, 1.165) is 6.07 Å². The average molecular weight is 378 g/mol. The Labute approximate surface area is 133 Å². The Bertz CT molecular complexity index is 759. The summed E-state index contributed by atoms with van der Waals surface area (Å²) in [5.74, 6) is -0.774. The largest absolute Gasteiger partial charge is 0.534 e. The van der Waals surface area contributed by atoms with Gasteiger partial charge in [-0.25, -0.2) is 4.99 Å². The molecule has 1 aromatic rings. The van der Waals surface area contributed by atoms with Crippen molar-refractivity contribution in [2.45, 2.75) is 25.1 Å². The van der Waals surface area contributed by atoms with Crippen LogP contribution < -0.4 is 4.74 Å². The van der Waals surface area contributed by atoms with Gasteiger partial charge in [-0.3, -0.25) is 0 Å². The SMILES string of the molecule is CC1(C)N=C(OS(=O)(=O)C(F)(F)F)c2cc(Cl)c(Cl)cc2O1. The lowest BCUT2D eigenvalue weighted by Gasteiger charge is -2.29. The highest BCUT2D eigenvalue weighted by atomic mass is 35.5. The standard InChI is InChI=1S/C11H8Cl2F3NO4S/c1-10(2)17-9(21-22(18,19)11(14,15)16)5-3-6(12)7(13)4-8(5)20-10/h3-4H,1-2H3. The maximum absolute atomic E-state index is 12.5. The molecule has 122 valence electrons. The summed E-state index contributed by atoms with van der Waals surface area (Å²) >= 11 is 11.6. The maximum atomic E-state index is 12.5. The van der Waals surface area contributed by atoms with Crippen molar-refractivity contribution in [1.82, 2.24) is 0 Å². The second-order valence-electron chi connectivity index (χ2n) is 4.71. The molecule has 1 aliphatic heterocycles. The average Bonchev–Trinajstić information content (AvgIpc) is 2.28. The van der Waals surface area contributed by atoms with E-state index >= 15 is 0 Å². The molecule has 1 aromatic carbocycles. The van der Waals surface area contributed by atoms with E-state index in [1.165, 1.54) is 19.9 Å². The summed E-state index contributed by atoms with van der Waals surface area (Å²) in [5.41, 5.74) is -7.09. The quantitative estimate of drug-likeness (QED) is 0.552. The number of benzene rings is 1. The van der Waals surface area contributed by atoms with Gasteiger partial charge in [0.05, 0.1) is 15.6 Å². The summed E-state index contributed by atoms with van der Waals surface area (Å²) in [5, 5.41) is 0.0561. The first-order valence-electron chi connectivity index (χ1n) is 5.61. The molecule has 0 atom stereocenters. The molecular weight excluding hydrogens is 370 g/mol. The highest BCUT2D eigenvalue weighted by molar-refractivity contribution is 7.88. The van der Waals surface area contributed by atoms with Gasteiger partial charge < -0.3 is 8.92 Å². The minimum atomic E-state index is -5.88. The van der Waals surface area contributed by atoms with Crippen molar-refractivity contribution >= 4 is 39.2 Å². The summed E-state index contributed by atoms with van der Waals surface area (Å²) in [7, 11) is -5.88. The van der Waals surface area contributed by atoms with Crippen molar-refractivity contribution in [1.29, 1.82) is 0 Å². The number of rotatable bonds is 1. The van der Waals surface area contributed by atoms with Crippen LogP contribution in [0.4, 0.5) is 13.2 Å². The molecule has 1 aliphatic rings. The fraction of sp³-hybridized carbons (Fsp3) is 0.364. The zero-order valence-electron chi connectivity index (χ0n) is 11.0. The molecule has 0 spiro atoms. The van der Waals surface area contributed by atoms with E-state index in [4.69, 9.17) is 27.9 Å². The van der Waals surface area contributed by atoms with E-state index in [1.807, 2.05) is 0 Å². The first kappa shape index (κ1) is 17.2. The summed E-state index contributed by atoms with van der Waals surface area (Å²) in [6, 6.07) is 2.35. The Kier molecular flexibility index (Phi) is 4.04. The summed E-state index contributed by atoms with van der Waals surface area (Å²) < 4.78 is 69.2. The maximum Gasteiger partial charge on any atom is 0.534 e. The van der Waals surface area contributed by atoms with Crippen molar-refractivity contribution in [3.63, 3.8) is 0 Å². The lowest BCUT2D eigenvalue weighted by atomic mass is 10.1. The fourth-order valence-corrected chi connectivity index (χ4v) is 2.34. The monoisotopic (exact) mass is 377 g/mol. The minimum Gasteiger partial charge on any atom is -0.466 e. The van der Waals surface area contributed by atoms with Crippen LogP contribution >= 0.6 is 23.2 Å². The minimum absolute atomic E-state index is 0.00164. The van der Waals surface area contributed by atoms with Crippen LogP contribution in [0.25, 0.3) is 0 Å². The number of fused-ring (bicyclic) bond motifs is 1. The van der Waals surface area contributed by atoms with Gasteiger partial charge in [0, 0.05) is 6.07 Å². The summed E-state index contributed by atoms with van der Waals surface area (Å²) in [6.07, 6.45) is 0. The molecule has 22 heavy (non-hydrogen) atoms. The topological polar surface area (TPSA) is 65.0 Å². The molecule has 0 aromatic heterocycles. The third-order valence-electron chi connectivity index (χ3n) is 2.46. The van der Waals surface area contributed by atoms with Crippen molar-refractivity contribution in [3.8, 4) is 5.75 Å². The summed E-state index contributed by atoms with van der Waals surface area (Å²) in [6.45, 7) is 2.81. The Morgan fingerprint density at radius 2 is 1.77 bits per heavy atom. The highest BCUT2D eigenvalue weighted by Crippen LogP contribution is 2.38. The van der Waals surface area contributed by atoms with Gasteiger partial charge in [0.1, 0.15) is 5.75 Å². The second-order valence-corrected chi connectivity index (χ2v) is 7.06. The Morgan fingerprint density at radius 1 is 1.23 bits per heavy atom. The number of ether oxygens (including phenoxy) is 1. The molecule has 11 heteroatoms. The molecule has 0 unspecified atom stereocenters. The van der Waals surface area contributed by atoms with Gasteiger partial charge in [-0.15, -0.1) is 0 Å². The van der Waals surface area contributed by atoms with Crippen molar-refractivity contribution in [2.75, 3.05) is 0 Å². The van der Waals surface area contributed by atoms with Crippen LogP contribution in [0.2, 0.25) is 10.0 Å². The zero-order chi connectivity index (χ0) is 16.9. The van der Waals surface area contributed by atoms with Gasteiger partial charge in [0.15, 0.2) is 5.72 Å². The lowest BCUT2D eigenvalue weighted by Crippen LogP contribution is -2.36. The molecule has 5 nitrogen and oxygen atoms in total. The molecule has 0 bridgehead atoms. The molecule has 0 saturated heterocycles. The number of hydrogen-bond acceptors (Lipinski definition) is 5. The summed E-state index contributed by atoms with van der Waals surface area (Å²) in [4.78, 5) is 3.72. The molecule has 0 N–H and O–H groups in total. The zero-order valence-corrected chi connectivity index (χ0v) is 13.4. The predicted molar refractivity (Wildman–Crippen MR) is 73.8 cm³/mol. The molecule has 0 radical (unpaired) electrons.